The zero-order chi connectivity index (χ0) is 38.6. The number of nitrogens with zero attached hydrogens (tertiary/aromatic N) is 3. The van der Waals surface area contributed by atoms with Crippen molar-refractivity contribution in [2.45, 2.75) is 78.1 Å². The molecule has 2 amide bonds. The average molecular weight is 722 g/mol. The lowest BCUT2D eigenvalue weighted by Crippen LogP contribution is -2.33. The molecule has 0 fully saturated rings. The fraction of sp³-hybridized carbons (Fsp3) is 0.240. The second-order valence-corrected chi connectivity index (χ2v) is 16.9. The number of para-hydroxylation sites is 5. The predicted octanol–water partition coefficient (Wildman–Crippen LogP) is 13.0. The first-order valence-electron chi connectivity index (χ1n) is 19.5. The highest BCUT2D eigenvalue weighted by atomic mass is 16.2. The number of fused-ring (bicyclic) bond motifs is 5. The van der Waals surface area contributed by atoms with Gasteiger partial charge in [0.15, 0.2) is 0 Å². The van der Waals surface area contributed by atoms with Crippen molar-refractivity contribution in [2.75, 3.05) is 14.7 Å². The number of imide groups is 1. The van der Waals surface area contributed by atoms with Gasteiger partial charge in [-0.3, -0.25) is 9.59 Å². The normalized spacial score (nSPS) is 16.2. The van der Waals surface area contributed by atoms with Crippen LogP contribution in [0.4, 0.5) is 39.8 Å². The average Bonchev–Trinajstić information content (AvgIpc) is 3.42. The molecule has 3 aliphatic heterocycles. The van der Waals surface area contributed by atoms with E-state index in [-0.39, 0.29) is 34.5 Å². The molecule has 3 heterocycles. The first-order valence-corrected chi connectivity index (χ1v) is 19.5. The summed E-state index contributed by atoms with van der Waals surface area (Å²) in [5.41, 5.74) is 13.6. The quantitative estimate of drug-likeness (QED) is 0.166. The molecule has 0 saturated carbocycles. The molecular formula is C50H47N3O2. The van der Waals surface area contributed by atoms with E-state index in [0.29, 0.717) is 16.8 Å². The molecule has 274 valence electrons. The molecule has 0 aromatic heterocycles. The van der Waals surface area contributed by atoms with E-state index in [1.54, 1.807) is 0 Å². The summed E-state index contributed by atoms with van der Waals surface area (Å²) >= 11 is 0. The highest BCUT2D eigenvalue weighted by molar-refractivity contribution is 6.35. The molecule has 0 radical (unpaired) electrons. The lowest BCUT2D eigenvalue weighted by Gasteiger charge is -2.45. The smallest absolute Gasteiger partial charge is 0.266 e. The lowest BCUT2D eigenvalue weighted by molar-refractivity contribution is 0.0925. The monoisotopic (exact) mass is 721 g/mol. The van der Waals surface area contributed by atoms with E-state index < -0.39 is 0 Å². The van der Waals surface area contributed by atoms with E-state index in [1.807, 2.05) is 18.2 Å². The highest BCUT2D eigenvalue weighted by Crippen LogP contribution is 2.58. The maximum atomic E-state index is 15.0. The molecule has 6 aromatic rings. The third-order valence-electron chi connectivity index (χ3n) is 12.3. The Labute approximate surface area is 324 Å². The molecule has 0 atom stereocenters. The molecule has 55 heavy (non-hydrogen) atoms. The second-order valence-electron chi connectivity index (χ2n) is 16.9. The zero-order valence-electron chi connectivity index (χ0n) is 32.9. The summed E-state index contributed by atoms with van der Waals surface area (Å²) in [6.45, 7) is 17.6. The first kappa shape index (κ1) is 34.8. The van der Waals surface area contributed by atoms with Gasteiger partial charge in [0.2, 0.25) is 0 Å². The van der Waals surface area contributed by atoms with E-state index in [4.69, 9.17) is 0 Å². The van der Waals surface area contributed by atoms with Crippen molar-refractivity contribution in [3.05, 3.63) is 172 Å². The summed E-state index contributed by atoms with van der Waals surface area (Å²) in [5, 5.41) is 0. The maximum absolute atomic E-state index is 15.0. The molecular weight excluding hydrogens is 675 g/mol. The van der Waals surface area contributed by atoms with E-state index in [1.165, 1.54) is 27.2 Å². The molecule has 0 aliphatic carbocycles. The minimum Gasteiger partial charge on any atom is -0.308 e. The van der Waals surface area contributed by atoms with Gasteiger partial charge in [-0.1, -0.05) is 146 Å². The van der Waals surface area contributed by atoms with Crippen LogP contribution >= 0.6 is 0 Å². The molecule has 5 heteroatoms. The van der Waals surface area contributed by atoms with Crippen LogP contribution in [-0.4, -0.2) is 11.8 Å². The molecule has 0 N–H and O–H groups in total. The SMILES string of the molecule is CC(C)c1cccc(C(C)C)c1N1C(=O)c2cc(N3c4ccccc4C(C)(C)c4ccccc43)c(N3c4ccccc4C(C)(C)c4ccccc43)cc2C1=O. The number of amides is 2. The highest BCUT2D eigenvalue weighted by Gasteiger charge is 2.45. The predicted molar refractivity (Wildman–Crippen MR) is 226 cm³/mol. The fourth-order valence-corrected chi connectivity index (χ4v) is 9.45. The van der Waals surface area contributed by atoms with Crippen LogP contribution in [0.15, 0.2) is 127 Å². The van der Waals surface area contributed by atoms with Gasteiger partial charge in [-0.2, -0.15) is 0 Å². The standard InChI is InChI=1S/C50H47N3O2/c1-30(2)32-18-17-19-33(31(3)4)46(32)53-47(54)34-28-44(51-40-24-13-9-20-36(40)49(5,6)37-21-10-14-25-41(37)51)45(29-35(34)48(53)55)52-42-26-15-11-22-38(42)50(7,8)39-23-12-16-27-43(39)52/h9-31H,1-8H3. The Kier molecular flexibility index (Phi) is 7.78. The zero-order valence-corrected chi connectivity index (χ0v) is 32.9. The number of benzene rings is 6. The summed E-state index contributed by atoms with van der Waals surface area (Å²) in [5.74, 6) is -0.360. The van der Waals surface area contributed by atoms with Gasteiger partial charge in [-0.25, -0.2) is 4.90 Å². The molecule has 9 rings (SSSR count). The Morgan fingerprint density at radius 3 is 1.02 bits per heavy atom. The van der Waals surface area contributed by atoms with Gasteiger partial charge in [-0.05, 0) is 81.6 Å². The molecule has 0 bridgehead atoms. The van der Waals surface area contributed by atoms with Crippen LogP contribution in [0, 0.1) is 0 Å². The van der Waals surface area contributed by atoms with Gasteiger partial charge in [-0.15, -0.1) is 0 Å². The molecule has 6 aromatic carbocycles. The number of carbonyl (C=O) groups is 2. The second kappa shape index (κ2) is 12.3. The van der Waals surface area contributed by atoms with Gasteiger partial charge in [0.1, 0.15) is 0 Å². The van der Waals surface area contributed by atoms with Crippen molar-refractivity contribution >= 4 is 51.6 Å². The Morgan fingerprint density at radius 2 is 0.709 bits per heavy atom. The number of rotatable bonds is 5. The Morgan fingerprint density at radius 1 is 0.400 bits per heavy atom. The number of hydrogen-bond acceptors (Lipinski definition) is 4. The van der Waals surface area contributed by atoms with Gasteiger partial charge in [0.05, 0.1) is 50.9 Å². The van der Waals surface area contributed by atoms with Crippen molar-refractivity contribution in [3.63, 3.8) is 0 Å². The van der Waals surface area contributed by atoms with Crippen molar-refractivity contribution < 1.29 is 9.59 Å². The minimum atomic E-state index is -0.290. The van der Waals surface area contributed by atoms with E-state index in [0.717, 1.165) is 45.3 Å². The summed E-state index contributed by atoms with van der Waals surface area (Å²) in [6, 6.07) is 44.5. The van der Waals surface area contributed by atoms with Crippen molar-refractivity contribution in [1.29, 1.82) is 0 Å². The van der Waals surface area contributed by atoms with Gasteiger partial charge < -0.3 is 9.80 Å². The van der Waals surface area contributed by atoms with Crippen molar-refractivity contribution in [1.82, 2.24) is 0 Å². The summed E-state index contributed by atoms with van der Waals surface area (Å²) in [7, 11) is 0. The maximum Gasteiger partial charge on any atom is 0.266 e. The largest absolute Gasteiger partial charge is 0.308 e. The Bertz CT molecular complexity index is 2310. The summed E-state index contributed by atoms with van der Waals surface area (Å²) in [4.78, 5) is 36.2. The molecule has 3 aliphatic rings. The van der Waals surface area contributed by atoms with E-state index in [2.05, 4.69) is 174 Å². The van der Waals surface area contributed by atoms with Crippen LogP contribution in [0.25, 0.3) is 0 Å². The summed E-state index contributed by atoms with van der Waals surface area (Å²) in [6.07, 6.45) is 0. The van der Waals surface area contributed by atoms with Crippen LogP contribution in [0.3, 0.4) is 0 Å². The number of hydrogen-bond donors (Lipinski definition) is 0. The van der Waals surface area contributed by atoms with Crippen LogP contribution < -0.4 is 14.7 Å². The van der Waals surface area contributed by atoms with Crippen LogP contribution in [0.1, 0.15) is 121 Å². The molecule has 0 spiro atoms. The topological polar surface area (TPSA) is 43.9 Å². The number of anilines is 7. The van der Waals surface area contributed by atoms with Crippen molar-refractivity contribution in [3.8, 4) is 0 Å². The van der Waals surface area contributed by atoms with E-state index in [9.17, 15) is 0 Å². The third-order valence-corrected chi connectivity index (χ3v) is 12.3. The molecule has 0 saturated heterocycles. The minimum absolute atomic E-state index is 0.110. The fourth-order valence-electron chi connectivity index (χ4n) is 9.45. The lowest BCUT2D eigenvalue weighted by atomic mass is 9.73. The van der Waals surface area contributed by atoms with Gasteiger partial charge >= 0.3 is 0 Å². The molecule has 0 unspecified atom stereocenters. The molecule has 5 nitrogen and oxygen atoms in total. The number of carbonyl (C=O) groups excluding carboxylic acids is 2. The summed E-state index contributed by atoms with van der Waals surface area (Å²) < 4.78 is 0. The van der Waals surface area contributed by atoms with E-state index >= 15 is 9.59 Å². The van der Waals surface area contributed by atoms with Crippen LogP contribution in [0.2, 0.25) is 0 Å². The van der Waals surface area contributed by atoms with Gasteiger partial charge in [0, 0.05) is 10.8 Å². The first-order chi connectivity index (χ1) is 26.3. The van der Waals surface area contributed by atoms with Crippen LogP contribution in [0.5, 0.6) is 0 Å². The Balaban J connectivity index is 1.38. The van der Waals surface area contributed by atoms with Crippen molar-refractivity contribution in [2.24, 2.45) is 0 Å². The van der Waals surface area contributed by atoms with Crippen LogP contribution in [-0.2, 0) is 10.8 Å². The van der Waals surface area contributed by atoms with Gasteiger partial charge in [0.25, 0.3) is 11.8 Å². The third kappa shape index (κ3) is 4.91. The Hall–Kier alpha value is -5.94.